The lowest BCUT2D eigenvalue weighted by atomic mass is 9.88. The first-order valence-electron chi connectivity index (χ1n) is 6.01. The van der Waals surface area contributed by atoms with Gasteiger partial charge < -0.3 is 5.73 Å². The van der Waals surface area contributed by atoms with Crippen LogP contribution in [0.15, 0.2) is 0 Å². The van der Waals surface area contributed by atoms with Gasteiger partial charge in [-0.25, -0.2) is 4.68 Å². The highest BCUT2D eigenvalue weighted by Gasteiger charge is 2.25. The zero-order chi connectivity index (χ0) is 13.8. The smallest absolute Gasteiger partial charge is 0.125 e. The first-order chi connectivity index (χ1) is 8.41. The van der Waals surface area contributed by atoms with E-state index in [4.69, 9.17) is 16.3 Å². The zero-order valence-electron chi connectivity index (χ0n) is 11.2. The molecule has 0 aromatic carbocycles. The monoisotopic (exact) mass is 245 g/mol. The van der Waals surface area contributed by atoms with Crippen molar-refractivity contribution >= 4 is 5.82 Å². The van der Waals surface area contributed by atoms with E-state index in [-0.39, 0.29) is 5.41 Å². The molecule has 1 heterocycles. The van der Waals surface area contributed by atoms with Crippen molar-refractivity contribution in [3.05, 3.63) is 11.3 Å². The Bertz CT molecular complexity index is 493. The van der Waals surface area contributed by atoms with Gasteiger partial charge in [0.2, 0.25) is 0 Å². The molecular formula is C13H19N5. The number of nitriles is 2. The predicted molar refractivity (Wildman–Crippen MR) is 69.5 cm³/mol. The minimum atomic E-state index is -0.114. The molecule has 0 amide bonds. The van der Waals surface area contributed by atoms with Crippen LogP contribution in [0.2, 0.25) is 0 Å². The number of nitrogen functional groups attached to an aromatic ring is 1. The van der Waals surface area contributed by atoms with E-state index < -0.39 is 0 Å². The first-order valence-corrected chi connectivity index (χ1v) is 6.01. The van der Waals surface area contributed by atoms with Crippen LogP contribution in [0.5, 0.6) is 0 Å². The quantitative estimate of drug-likeness (QED) is 0.879. The second-order valence-corrected chi connectivity index (χ2v) is 5.25. The van der Waals surface area contributed by atoms with Crippen molar-refractivity contribution in [1.29, 1.82) is 10.5 Å². The van der Waals surface area contributed by atoms with Gasteiger partial charge in [-0.1, -0.05) is 20.8 Å². The SMILES string of the molecule is CC(C)(C)c1nn(CCC#N)c(N)c1CCC#N. The van der Waals surface area contributed by atoms with Crippen LogP contribution in [-0.4, -0.2) is 9.78 Å². The van der Waals surface area contributed by atoms with E-state index >= 15 is 0 Å². The van der Waals surface area contributed by atoms with E-state index in [1.165, 1.54) is 0 Å². The molecule has 1 rings (SSSR count). The molecule has 1 aromatic heterocycles. The van der Waals surface area contributed by atoms with Crippen LogP contribution >= 0.6 is 0 Å². The molecule has 0 saturated heterocycles. The van der Waals surface area contributed by atoms with E-state index in [9.17, 15) is 0 Å². The Morgan fingerprint density at radius 3 is 2.33 bits per heavy atom. The molecule has 5 heteroatoms. The Kier molecular flexibility index (Phi) is 4.33. The van der Waals surface area contributed by atoms with Gasteiger partial charge in [-0.15, -0.1) is 0 Å². The average Bonchev–Trinajstić information content (AvgIpc) is 2.61. The van der Waals surface area contributed by atoms with Crippen LogP contribution in [0.25, 0.3) is 0 Å². The van der Waals surface area contributed by atoms with Gasteiger partial charge in [-0.2, -0.15) is 15.6 Å². The molecule has 96 valence electrons. The van der Waals surface area contributed by atoms with Crippen LogP contribution in [0.1, 0.15) is 44.9 Å². The summed E-state index contributed by atoms with van der Waals surface area (Å²) in [5.74, 6) is 0.588. The summed E-state index contributed by atoms with van der Waals surface area (Å²) in [7, 11) is 0. The van der Waals surface area contributed by atoms with Crippen molar-refractivity contribution in [1.82, 2.24) is 9.78 Å². The average molecular weight is 245 g/mol. The Morgan fingerprint density at radius 1 is 1.22 bits per heavy atom. The van der Waals surface area contributed by atoms with Gasteiger partial charge in [-0.3, -0.25) is 0 Å². The largest absolute Gasteiger partial charge is 0.384 e. The molecular weight excluding hydrogens is 226 g/mol. The Morgan fingerprint density at radius 2 is 1.83 bits per heavy atom. The molecule has 0 bridgehead atoms. The predicted octanol–water partition coefficient (Wildman–Crippen LogP) is 2.13. The number of hydrogen-bond acceptors (Lipinski definition) is 4. The molecule has 0 aliphatic rings. The summed E-state index contributed by atoms with van der Waals surface area (Å²) in [5, 5.41) is 21.8. The van der Waals surface area contributed by atoms with Gasteiger partial charge in [0.05, 0.1) is 30.8 Å². The fraction of sp³-hybridized carbons (Fsp3) is 0.615. The summed E-state index contributed by atoms with van der Waals surface area (Å²) in [6.07, 6.45) is 1.42. The maximum Gasteiger partial charge on any atom is 0.125 e. The summed E-state index contributed by atoms with van der Waals surface area (Å²) in [4.78, 5) is 0. The Labute approximate surface area is 108 Å². The maximum atomic E-state index is 8.70. The Balaban J connectivity index is 3.16. The van der Waals surface area contributed by atoms with Gasteiger partial charge in [0.1, 0.15) is 5.82 Å². The van der Waals surface area contributed by atoms with Crippen LogP contribution in [-0.2, 0) is 18.4 Å². The van der Waals surface area contributed by atoms with Crippen molar-refractivity contribution < 1.29 is 0 Å². The van der Waals surface area contributed by atoms with E-state index in [1.54, 1.807) is 4.68 Å². The highest BCUT2D eigenvalue weighted by atomic mass is 15.3. The summed E-state index contributed by atoms with van der Waals surface area (Å²) in [6.45, 7) is 6.70. The van der Waals surface area contributed by atoms with Crippen molar-refractivity contribution in [2.75, 3.05) is 5.73 Å². The van der Waals surface area contributed by atoms with Gasteiger partial charge in [0.25, 0.3) is 0 Å². The first kappa shape index (κ1) is 14.1. The molecule has 0 radical (unpaired) electrons. The fourth-order valence-corrected chi connectivity index (χ4v) is 1.87. The van der Waals surface area contributed by atoms with Crippen LogP contribution in [0.4, 0.5) is 5.82 Å². The third kappa shape index (κ3) is 3.01. The molecule has 18 heavy (non-hydrogen) atoms. The minimum Gasteiger partial charge on any atom is -0.384 e. The topological polar surface area (TPSA) is 91.4 Å². The standard InChI is InChI=1S/C13H19N5/c1-13(2,3)11-10(6-4-7-14)12(16)18(17-11)9-5-8-15/h4-6,9,16H2,1-3H3. The number of aromatic nitrogens is 2. The molecule has 0 aliphatic carbocycles. The second-order valence-electron chi connectivity index (χ2n) is 5.25. The summed E-state index contributed by atoms with van der Waals surface area (Å²) in [5.41, 5.74) is 7.82. The molecule has 1 aromatic rings. The summed E-state index contributed by atoms with van der Waals surface area (Å²) in [6, 6.07) is 4.21. The molecule has 2 N–H and O–H groups in total. The van der Waals surface area contributed by atoms with Crippen molar-refractivity contribution in [3.8, 4) is 12.1 Å². The zero-order valence-corrected chi connectivity index (χ0v) is 11.2. The number of nitrogens with zero attached hydrogens (tertiary/aromatic N) is 4. The maximum absolute atomic E-state index is 8.70. The van der Waals surface area contributed by atoms with E-state index in [1.807, 2.05) is 0 Å². The highest BCUT2D eigenvalue weighted by molar-refractivity contribution is 5.46. The van der Waals surface area contributed by atoms with E-state index in [0.717, 1.165) is 11.3 Å². The third-order valence-electron chi connectivity index (χ3n) is 2.73. The molecule has 0 aliphatic heterocycles. The molecule has 0 unspecified atom stereocenters. The van der Waals surface area contributed by atoms with E-state index in [2.05, 4.69) is 38.0 Å². The highest BCUT2D eigenvalue weighted by Crippen LogP contribution is 2.29. The van der Waals surface area contributed by atoms with Crippen molar-refractivity contribution in [2.45, 2.75) is 52.0 Å². The molecule has 5 nitrogen and oxygen atoms in total. The number of hydrogen-bond donors (Lipinski definition) is 1. The van der Waals surface area contributed by atoms with Gasteiger partial charge in [0.15, 0.2) is 0 Å². The molecule has 0 atom stereocenters. The van der Waals surface area contributed by atoms with Crippen molar-refractivity contribution in [3.63, 3.8) is 0 Å². The van der Waals surface area contributed by atoms with Gasteiger partial charge in [-0.05, 0) is 6.42 Å². The van der Waals surface area contributed by atoms with Gasteiger partial charge in [0, 0.05) is 17.4 Å². The molecule has 0 spiro atoms. The molecule has 0 fully saturated rings. The van der Waals surface area contributed by atoms with E-state index in [0.29, 0.717) is 31.6 Å². The summed E-state index contributed by atoms with van der Waals surface area (Å²) >= 11 is 0. The number of aryl methyl sites for hydroxylation is 1. The second kappa shape index (κ2) is 5.55. The minimum absolute atomic E-state index is 0.114. The Hall–Kier alpha value is -2.01. The molecule has 0 saturated carbocycles. The van der Waals surface area contributed by atoms with Crippen LogP contribution in [0, 0.1) is 22.7 Å². The lowest BCUT2D eigenvalue weighted by Gasteiger charge is -2.17. The number of anilines is 1. The van der Waals surface area contributed by atoms with Crippen LogP contribution < -0.4 is 5.73 Å². The van der Waals surface area contributed by atoms with Crippen molar-refractivity contribution in [2.24, 2.45) is 0 Å². The fourth-order valence-electron chi connectivity index (χ4n) is 1.87. The van der Waals surface area contributed by atoms with Gasteiger partial charge >= 0.3 is 0 Å². The van der Waals surface area contributed by atoms with Crippen LogP contribution in [0.3, 0.4) is 0 Å². The third-order valence-corrected chi connectivity index (χ3v) is 2.73. The lowest BCUT2D eigenvalue weighted by Crippen LogP contribution is -2.15. The normalized spacial score (nSPS) is 10.9. The summed E-state index contributed by atoms with van der Waals surface area (Å²) < 4.78 is 1.68. The lowest BCUT2D eigenvalue weighted by molar-refractivity contribution is 0.533. The number of nitrogens with two attached hydrogens (primary N) is 1. The number of rotatable bonds is 4.